The molecule has 4 heteroatoms. The van der Waals surface area contributed by atoms with E-state index in [9.17, 15) is 0 Å². The third-order valence-electron chi connectivity index (χ3n) is 3.87. The molecule has 1 N–H and O–H groups in total. The van der Waals surface area contributed by atoms with Crippen LogP contribution in [0.15, 0.2) is 0 Å². The van der Waals surface area contributed by atoms with E-state index >= 15 is 0 Å². The lowest BCUT2D eigenvalue weighted by Crippen LogP contribution is -2.17. The molecule has 0 saturated heterocycles. The summed E-state index contributed by atoms with van der Waals surface area (Å²) in [5.41, 5.74) is 1.31. The molecule has 0 atom stereocenters. The van der Waals surface area contributed by atoms with Gasteiger partial charge >= 0.3 is 0 Å². The number of aromatic nitrogens is 2. The molecule has 0 radical (unpaired) electrons. The average Bonchev–Trinajstić information content (AvgIpc) is 3.11. The molecule has 2 aliphatic carbocycles. The second kappa shape index (κ2) is 5.31. The summed E-state index contributed by atoms with van der Waals surface area (Å²) in [7, 11) is 0. The molecule has 0 bridgehead atoms. The van der Waals surface area contributed by atoms with Gasteiger partial charge in [0, 0.05) is 18.4 Å². The van der Waals surface area contributed by atoms with Gasteiger partial charge in [-0.25, -0.2) is 9.97 Å². The molecule has 18 heavy (non-hydrogen) atoms. The van der Waals surface area contributed by atoms with Crippen molar-refractivity contribution in [1.29, 1.82) is 0 Å². The van der Waals surface area contributed by atoms with Crippen molar-refractivity contribution in [3.63, 3.8) is 0 Å². The molecule has 3 rings (SSSR count). The van der Waals surface area contributed by atoms with Crippen molar-refractivity contribution in [3.8, 4) is 0 Å². The fourth-order valence-corrected chi connectivity index (χ4v) is 3.19. The zero-order chi connectivity index (χ0) is 12.5. The van der Waals surface area contributed by atoms with Crippen molar-refractivity contribution >= 4 is 28.4 Å². The van der Waals surface area contributed by atoms with E-state index in [1.165, 1.54) is 41.4 Å². The smallest absolute Gasteiger partial charge is 0.143 e. The van der Waals surface area contributed by atoms with Gasteiger partial charge in [0.2, 0.25) is 0 Å². The van der Waals surface area contributed by atoms with Crippen LogP contribution in [0.4, 0.5) is 5.82 Å². The Hall–Kier alpha value is -0.390. The SMILES string of the molecule is CCCNc1nc(C2CCC2)nc(C2CC2)c1I. The van der Waals surface area contributed by atoms with Crippen LogP contribution in [-0.2, 0) is 0 Å². The highest BCUT2D eigenvalue weighted by Gasteiger charge is 2.31. The molecule has 0 unspecified atom stereocenters. The number of nitrogens with one attached hydrogen (secondary N) is 1. The fraction of sp³-hybridized carbons (Fsp3) is 0.714. The highest BCUT2D eigenvalue weighted by atomic mass is 127. The van der Waals surface area contributed by atoms with Gasteiger partial charge in [-0.1, -0.05) is 13.3 Å². The molecule has 0 spiro atoms. The first-order valence-corrected chi connectivity index (χ1v) is 8.18. The van der Waals surface area contributed by atoms with Crippen LogP contribution in [0, 0.1) is 3.57 Å². The molecular weight excluding hydrogens is 337 g/mol. The van der Waals surface area contributed by atoms with Crippen molar-refractivity contribution in [3.05, 3.63) is 15.1 Å². The van der Waals surface area contributed by atoms with Gasteiger partial charge in [0.25, 0.3) is 0 Å². The van der Waals surface area contributed by atoms with Crippen LogP contribution in [0.1, 0.15) is 68.8 Å². The minimum absolute atomic E-state index is 0.627. The standard InChI is InChI=1S/C14H20IN3/c1-2-8-16-14-11(15)12(9-6-7-9)17-13(18-14)10-4-3-5-10/h9-10H,2-8H2,1H3,(H,16,17,18). The molecule has 2 saturated carbocycles. The second-order valence-corrected chi connectivity index (χ2v) is 6.54. The van der Waals surface area contributed by atoms with Crippen molar-refractivity contribution < 1.29 is 0 Å². The van der Waals surface area contributed by atoms with Crippen LogP contribution >= 0.6 is 22.6 Å². The lowest BCUT2D eigenvalue weighted by Gasteiger charge is -2.25. The van der Waals surface area contributed by atoms with Crippen LogP contribution in [0.3, 0.4) is 0 Å². The molecule has 2 fully saturated rings. The van der Waals surface area contributed by atoms with Crippen LogP contribution in [0.25, 0.3) is 0 Å². The van der Waals surface area contributed by atoms with Crippen LogP contribution in [0.2, 0.25) is 0 Å². The van der Waals surface area contributed by atoms with Gasteiger partial charge in [0.05, 0.1) is 9.26 Å². The summed E-state index contributed by atoms with van der Waals surface area (Å²) in [5.74, 6) is 3.51. The first-order chi connectivity index (χ1) is 8.79. The molecular formula is C14H20IN3. The highest BCUT2D eigenvalue weighted by Crippen LogP contribution is 2.44. The molecule has 1 heterocycles. The monoisotopic (exact) mass is 357 g/mol. The zero-order valence-corrected chi connectivity index (χ0v) is 13.0. The molecule has 3 nitrogen and oxygen atoms in total. The van der Waals surface area contributed by atoms with E-state index < -0.39 is 0 Å². The van der Waals surface area contributed by atoms with Gasteiger partial charge in [-0.3, -0.25) is 0 Å². The predicted molar refractivity (Wildman–Crippen MR) is 82.1 cm³/mol. The van der Waals surface area contributed by atoms with E-state index in [1.807, 2.05) is 0 Å². The van der Waals surface area contributed by atoms with Crippen LogP contribution in [-0.4, -0.2) is 16.5 Å². The summed E-state index contributed by atoms with van der Waals surface area (Å²) >= 11 is 2.42. The summed E-state index contributed by atoms with van der Waals surface area (Å²) in [6.07, 6.45) is 7.65. The lowest BCUT2D eigenvalue weighted by atomic mass is 9.85. The lowest BCUT2D eigenvalue weighted by molar-refractivity contribution is 0.400. The fourth-order valence-electron chi connectivity index (χ4n) is 2.32. The van der Waals surface area contributed by atoms with E-state index in [2.05, 4.69) is 34.8 Å². The largest absolute Gasteiger partial charge is 0.369 e. The first-order valence-electron chi connectivity index (χ1n) is 7.10. The maximum absolute atomic E-state index is 4.87. The molecule has 0 aromatic carbocycles. The van der Waals surface area contributed by atoms with Crippen LogP contribution in [0.5, 0.6) is 0 Å². The second-order valence-electron chi connectivity index (χ2n) is 5.46. The number of halogens is 1. The molecule has 2 aliphatic rings. The van der Waals surface area contributed by atoms with Crippen molar-refractivity contribution in [1.82, 2.24) is 9.97 Å². The van der Waals surface area contributed by atoms with E-state index in [0.717, 1.165) is 24.6 Å². The average molecular weight is 357 g/mol. The Balaban J connectivity index is 1.91. The summed E-state index contributed by atoms with van der Waals surface area (Å²) in [4.78, 5) is 9.64. The summed E-state index contributed by atoms with van der Waals surface area (Å²) in [6, 6.07) is 0. The van der Waals surface area contributed by atoms with E-state index in [1.54, 1.807) is 0 Å². The third-order valence-corrected chi connectivity index (χ3v) is 4.93. The Morgan fingerprint density at radius 2 is 1.94 bits per heavy atom. The highest BCUT2D eigenvalue weighted by molar-refractivity contribution is 14.1. The molecule has 0 amide bonds. The maximum atomic E-state index is 4.87. The minimum atomic E-state index is 0.627. The normalized spacial score (nSPS) is 19.7. The van der Waals surface area contributed by atoms with Gasteiger partial charge in [0.1, 0.15) is 11.6 Å². The number of hydrogen-bond donors (Lipinski definition) is 1. The summed E-state index contributed by atoms with van der Waals surface area (Å²) in [5, 5.41) is 3.47. The minimum Gasteiger partial charge on any atom is -0.369 e. The Kier molecular flexibility index (Phi) is 3.73. The molecule has 98 valence electrons. The summed E-state index contributed by atoms with van der Waals surface area (Å²) < 4.78 is 1.26. The Morgan fingerprint density at radius 1 is 1.17 bits per heavy atom. The van der Waals surface area contributed by atoms with Crippen molar-refractivity contribution in [2.45, 2.75) is 57.3 Å². The number of anilines is 1. The topological polar surface area (TPSA) is 37.8 Å². The molecule has 1 aromatic heterocycles. The first kappa shape index (κ1) is 12.6. The maximum Gasteiger partial charge on any atom is 0.143 e. The van der Waals surface area contributed by atoms with Gasteiger partial charge < -0.3 is 5.32 Å². The Morgan fingerprint density at radius 3 is 2.50 bits per heavy atom. The van der Waals surface area contributed by atoms with Crippen LogP contribution < -0.4 is 5.32 Å². The number of hydrogen-bond acceptors (Lipinski definition) is 3. The zero-order valence-electron chi connectivity index (χ0n) is 10.9. The predicted octanol–water partition coefficient (Wildman–Crippen LogP) is 4.05. The van der Waals surface area contributed by atoms with Gasteiger partial charge in [-0.05, 0) is 54.7 Å². The Labute approximate surface area is 122 Å². The quantitative estimate of drug-likeness (QED) is 0.808. The van der Waals surface area contributed by atoms with Gasteiger partial charge in [-0.15, -0.1) is 0 Å². The molecule has 1 aromatic rings. The van der Waals surface area contributed by atoms with E-state index in [4.69, 9.17) is 9.97 Å². The van der Waals surface area contributed by atoms with Crippen molar-refractivity contribution in [2.24, 2.45) is 0 Å². The Bertz CT molecular complexity index is 439. The summed E-state index contributed by atoms with van der Waals surface area (Å²) in [6.45, 7) is 3.19. The number of nitrogens with zero attached hydrogens (tertiary/aromatic N) is 2. The van der Waals surface area contributed by atoms with Gasteiger partial charge in [-0.2, -0.15) is 0 Å². The van der Waals surface area contributed by atoms with Gasteiger partial charge in [0.15, 0.2) is 0 Å². The van der Waals surface area contributed by atoms with E-state index in [-0.39, 0.29) is 0 Å². The number of rotatable bonds is 5. The molecule has 0 aliphatic heterocycles. The third kappa shape index (κ3) is 2.49. The van der Waals surface area contributed by atoms with E-state index in [0.29, 0.717) is 11.8 Å². The van der Waals surface area contributed by atoms with Crippen molar-refractivity contribution in [2.75, 3.05) is 11.9 Å².